The zero-order chi connectivity index (χ0) is 13.3. The van der Waals surface area contributed by atoms with Gasteiger partial charge in [-0.2, -0.15) is 0 Å². The molecule has 2 rings (SSSR count). The van der Waals surface area contributed by atoms with E-state index in [1.54, 1.807) is 22.6 Å². The predicted molar refractivity (Wildman–Crippen MR) is 69.5 cm³/mol. The number of hydrogen-bond acceptors (Lipinski definition) is 1. The summed E-state index contributed by atoms with van der Waals surface area (Å²) in [6.07, 6.45) is -1.46. The quantitative estimate of drug-likeness (QED) is 0.805. The van der Waals surface area contributed by atoms with Crippen molar-refractivity contribution in [2.24, 2.45) is 0 Å². The molecule has 1 atom stereocenters. The zero-order valence-electron chi connectivity index (χ0n) is 9.00. The van der Waals surface area contributed by atoms with E-state index in [0.717, 1.165) is 18.2 Å². The summed E-state index contributed by atoms with van der Waals surface area (Å²) in [6.45, 7) is 0. The second-order valence-corrected chi connectivity index (χ2v) is 4.87. The molecule has 0 saturated heterocycles. The lowest BCUT2D eigenvalue weighted by Crippen LogP contribution is -2.07. The first-order valence-electron chi connectivity index (χ1n) is 5.07. The van der Waals surface area contributed by atoms with Crippen molar-refractivity contribution in [1.82, 2.24) is 0 Å². The Morgan fingerprint density at radius 3 is 2.17 bits per heavy atom. The molecule has 0 aliphatic heterocycles. The maximum atomic E-state index is 13.5. The molecule has 2 aromatic rings. The average Bonchev–Trinajstić information content (AvgIpc) is 2.28. The highest BCUT2D eigenvalue weighted by Crippen LogP contribution is 2.29. The monoisotopic (exact) mass is 364 g/mol. The molecule has 0 bridgehead atoms. The summed E-state index contributed by atoms with van der Waals surface area (Å²) in [5, 5.41) is 10.0. The summed E-state index contributed by atoms with van der Waals surface area (Å²) in [6, 6.07) is 7.00. The van der Waals surface area contributed by atoms with Gasteiger partial charge in [-0.1, -0.05) is 12.1 Å². The zero-order valence-corrected chi connectivity index (χ0v) is 11.2. The van der Waals surface area contributed by atoms with Gasteiger partial charge in [0.2, 0.25) is 0 Å². The minimum Gasteiger partial charge on any atom is -0.383 e. The third kappa shape index (κ3) is 2.51. The minimum atomic E-state index is -1.46. The maximum absolute atomic E-state index is 13.5. The predicted octanol–water partition coefficient (Wildman–Crippen LogP) is 3.79. The van der Waals surface area contributed by atoms with Gasteiger partial charge in [0, 0.05) is 3.57 Å². The van der Waals surface area contributed by atoms with E-state index in [1.807, 2.05) is 0 Å². The first-order valence-corrected chi connectivity index (χ1v) is 6.15. The molecule has 5 heteroatoms. The van der Waals surface area contributed by atoms with Crippen LogP contribution >= 0.6 is 22.6 Å². The molecule has 2 aromatic carbocycles. The molecule has 18 heavy (non-hydrogen) atoms. The highest BCUT2D eigenvalue weighted by molar-refractivity contribution is 14.1. The smallest absolute Gasteiger partial charge is 0.132 e. The summed E-state index contributed by atoms with van der Waals surface area (Å²) in [4.78, 5) is 0. The number of benzene rings is 2. The van der Waals surface area contributed by atoms with Crippen LogP contribution in [0.4, 0.5) is 13.2 Å². The molecule has 1 N–H and O–H groups in total. The van der Waals surface area contributed by atoms with Crippen LogP contribution in [0.15, 0.2) is 36.4 Å². The Morgan fingerprint density at radius 1 is 1.00 bits per heavy atom. The SMILES string of the molecule is OC(c1ccc(F)cc1I)c1c(F)cccc1F. The van der Waals surface area contributed by atoms with Crippen molar-refractivity contribution in [3.05, 3.63) is 68.5 Å². The summed E-state index contributed by atoms with van der Waals surface area (Å²) in [5.41, 5.74) is -0.164. The van der Waals surface area contributed by atoms with Crippen LogP contribution in [0, 0.1) is 21.0 Å². The average molecular weight is 364 g/mol. The lowest BCUT2D eigenvalue weighted by Gasteiger charge is -2.14. The van der Waals surface area contributed by atoms with E-state index in [4.69, 9.17) is 0 Å². The van der Waals surface area contributed by atoms with Crippen molar-refractivity contribution in [3.8, 4) is 0 Å². The standard InChI is InChI=1S/C13H8F3IO/c14-7-4-5-8(11(17)6-7)13(18)12-9(15)2-1-3-10(12)16/h1-6,13,18H. The summed E-state index contributed by atoms with van der Waals surface area (Å²) in [7, 11) is 0. The molecular formula is C13H8F3IO. The molecule has 0 aliphatic rings. The van der Waals surface area contributed by atoms with E-state index < -0.39 is 29.1 Å². The van der Waals surface area contributed by atoms with Crippen molar-refractivity contribution in [2.45, 2.75) is 6.10 Å². The van der Waals surface area contributed by atoms with Gasteiger partial charge < -0.3 is 5.11 Å². The molecule has 0 aliphatic carbocycles. The molecule has 0 spiro atoms. The summed E-state index contributed by atoms with van der Waals surface area (Å²) >= 11 is 1.81. The van der Waals surface area contributed by atoms with Gasteiger partial charge in [-0.3, -0.25) is 0 Å². The van der Waals surface area contributed by atoms with Crippen molar-refractivity contribution in [3.63, 3.8) is 0 Å². The molecule has 0 amide bonds. The molecule has 0 saturated carbocycles. The van der Waals surface area contributed by atoms with Gasteiger partial charge in [0.25, 0.3) is 0 Å². The van der Waals surface area contributed by atoms with Crippen LogP contribution in [-0.4, -0.2) is 5.11 Å². The van der Waals surface area contributed by atoms with Gasteiger partial charge in [-0.05, 0) is 52.4 Å². The highest BCUT2D eigenvalue weighted by atomic mass is 127. The summed E-state index contributed by atoms with van der Waals surface area (Å²) in [5.74, 6) is -2.13. The molecular weight excluding hydrogens is 356 g/mol. The van der Waals surface area contributed by atoms with Gasteiger partial charge in [0.1, 0.15) is 23.6 Å². The molecule has 0 radical (unpaired) electrons. The van der Waals surface area contributed by atoms with E-state index in [0.29, 0.717) is 3.57 Å². The van der Waals surface area contributed by atoms with Gasteiger partial charge in [-0.15, -0.1) is 0 Å². The molecule has 0 fully saturated rings. The Hall–Kier alpha value is -1.08. The van der Waals surface area contributed by atoms with Gasteiger partial charge >= 0.3 is 0 Å². The Labute approximate surface area is 115 Å². The fourth-order valence-corrected chi connectivity index (χ4v) is 2.42. The van der Waals surface area contributed by atoms with Gasteiger partial charge in [-0.25, -0.2) is 13.2 Å². The number of rotatable bonds is 2. The lowest BCUT2D eigenvalue weighted by molar-refractivity contribution is 0.208. The van der Waals surface area contributed by atoms with Crippen LogP contribution in [0.2, 0.25) is 0 Å². The second-order valence-electron chi connectivity index (χ2n) is 3.70. The van der Waals surface area contributed by atoms with Crippen molar-refractivity contribution >= 4 is 22.6 Å². The fraction of sp³-hybridized carbons (Fsp3) is 0.0769. The second kappa shape index (κ2) is 5.27. The van der Waals surface area contributed by atoms with Crippen molar-refractivity contribution in [1.29, 1.82) is 0 Å². The first kappa shape index (κ1) is 13.4. The van der Waals surface area contributed by atoms with Crippen LogP contribution in [0.25, 0.3) is 0 Å². The molecule has 1 unspecified atom stereocenters. The van der Waals surface area contributed by atoms with Gasteiger partial charge in [0.15, 0.2) is 0 Å². The Balaban J connectivity index is 2.51. The van der Waals surface area contributed by atoms with E-state index in [9.17, 15) is 18.3 Å². The molecule has 1 nitrogen and oxygen atoms in total. The van der Waals surface area contributed by atoms with Gasteiger partial charge in [0.05, 0.1) is 5.56 Å². The van der Waals surface area contributed by atoms with Crippen LogP contribution in [-0.2, 0) is 0 Å². The third-order valence-electron chi connectivity index (χ3n) is 2.53. The van der Waals surface area contributed by atoms with Crippen LogP contribution in [0.3, 0.4) is 0 Å². The third-order valence-corrected chi connectivity index (χ3v) is 3.46. The molecule has 94 valence electrons. The normalized spacial score (nSPS) is 12.5. The Morgan fingerprint density at radius 2 is 1.61 bits per heavy atom. The van der Waals surface area contributed by atoms with E-state index in [2.05, 4.69) is 0 Å². The van der Waals surface area contributed by atoms with Crippen LogP contribution in [0.1, 0.15) is 17.2 Å². The lowest BCUT2D eigenvalue weighted by atomic mass is 10.0. The maximum Gasteiger partial charge on any atom is 0.132 e. The number of hydrogen-bond donors (Lipinski definition) is 1. The first-order chi connectivity index (χ1) is 8.50. The fourth-order valence-electron chi connectivity index (χ4n) is 1.65. The van der Waals surface area contributed by atoms with E-state index >= 15 is 0 Å². The minimum absolute atomic E-state index is 0.265. The van der Waals surface area contributed by atoms with Crippen molar-refractivity contribution < 1.29 is 18.3 Å². The van der Waals surface area contributed by atoms with Crippen LogP contribution in [0.5, 0.6) is 0 Å². The topological polar surface area (TPSA) is 20.2 Å². The van der Waals surface area contributed by atoms with Crippen LogP contribution < -0.4 is 0 Å². The van der Waals surface area contributed by atoms with E-state index in [-0.39, 0.29) is 5.56 Å². The largest absolute Gasteiger partial charge is 0.383 e. The highest BCUT2D eigenvalue weighted by Gasteiger charge is 2.21. The summed E-state index contributed by atoms with van der Waals surface area (Å²) < 4.78 is 40.4. The Bertz CT molecular complexity index is 566. The Kier molecular flexibility index (Phi) is 3.91. The number of halogens is 4. The number of aliphatic hydroxyl groups is 1. The van der Waals surface area contributed by atoms with E-state index in [1.165, 1.54) is 18.2 Å². The number of aliphatic hydroxyl groups excluding tert-OH is 1. The molecule has 0 heterocycles. The molecule has 0 aromatic heterocycles. The van der Waals surface area contributed by atoms with Crippen molar-refractivity contribution in [2.75, 3.05) is 0 Å².